The highest BCUT2D eigenvalue weighted by Gasteiger charge is 2.20. The lowest BCUT2D eigenvalue weighted by atomic mass is 10.1. The van der Waals surface area contributed by atoms with Gasteiger partial charge in [-0.25, -0.2) is 4.79 Å². The molecule has 0 bridgehead atoms. The third kappa shape index (κ3) is 2.96. The lowest BCUT2D eigenvalue weighted by Gasteiger charge is -2.31. The third-order valence-electron chi connectivity index (χ3n) is 2.98. The number of hydrogen-bond acceptors (Lipinski definition) is 3. The van der Waals surface area contributed by atoms with Gasteiger partial charge in [0.15, 0.2) is 0 Å². The van der Waals surface area contributed by atoms with E-state index >= 15 is 0 Å². The molecule has 4 nitrogen and oxygen atoms in total. The number of thiophene rings is 1. The third-order valence-corrected chi connectivity index (χ3v) is 3.71. The van der Waals surface area contributed by atoms with Gasteiger partial charge in [0.25, 0.3) is 0 Å². The van der Waals surface area contributed by atoms with Gasteiger partial charge < -0.3 is 16.0 Å². The highest BCUT2D eigenvalue weighted by molar-refractivity contribution is 7.07. The van der Waals surface area contributed by atoms with Gasteiger partial charge in [0.2, 0.25) is 0 Å². The van der Waals surface area contributed by atoms with Crippen LogP contribution in [0.2, 0.25) is 0 Å². The van der Waals surface area contributed by atoms with Crippen LogP contribution in [-0.4, -0.2) is 30.1 Å². The van der Waals surface area contributed by atoms with Crippen LogP contribution in [0.1, 0.15) is 18.4 Å². The van der Waals surface area contributed by atoms with Crippen molar-refractivity contribution in [3.05, 3.63) is 22.4 Å². The number of hydrogen-bond donors (Lipinski definition) is 2. The van der Waals surface area contributed by atoms with E-state index in [1.54, 1.807) is 16.2 Å². The Kier molecular flexibility index (Phi) is 3.79. The molecule has 1 aliphatic rings. The highest BCUT2D eigenvalue weighted by Crippen LogP contribution is 2.11. The zero-order chi connectivity index (χ0) is 11.4. The number of piperidine rings is 1. The Bertz CT molecular complexity index is 331. The predicted molar refractivity (Wildman–Crippen MR) is 65.3 cm³/mol. The summed E-state index contributed by atoms with van der Waals surface area (Å²) in [6.45, 7) is 2.47. The molecule has 2 amide bonds. The van der Waals surface area contributed by atoms with E-state index in [4.69, 9.17) is 5.73 Å². The van der Waals surface area contributed by atoms with Crippen molar-refractivity contribution in [3.63, 3.8) is 0 Å². The van der Waals surface area contributed by atoms with Crippen LogP contribution < -0.4 is 11.1 Å². The molecule has 1 aromatic rings. The SMILES string of the molecule is NC(=O)N1CCC(NCc2ccsc2)CC1. The molecule has 2 rings (SSSR count). The standard InChI is InChI=1S/C11H17N3OS/c12-11(15)14-4-1-10(2-5-14)13-7-9-3-6-16-8-9/h3,6,8,10,13H,1-2,4-5,7H2,(H2,12,15). The maximum absolute atomic E-state index is 10.9. The smallest absolute Gasteiger partial charge is 0.314 e. The molecule has 0 unspecified atom stereocenters. The molecule has 0 spiro atoms. The molecule has 0 saturated carbocycles. The lowest BCUT2D eigenvalue weighted by molar-refractivity contribution is 0.185. The van der Waals surface area contributed by atoms with E-state index in [-0.39, 0.29) is 6.03 Å². The maximum atomic E-state index is 10.9. The number of nitrogens with one attached hydrogen (secondary N) is 1. The van der Waals surface area contributed by atoms with Crippen LogP contribution in [0.25, 0.3) is 0 Å². The van der Waals surface area contributed by atoms with Gasteiger partial charge in [0.05, 0.1) is 0 Å². The molecule has 0 aromatic carbocycles. The molecule has 2 heterocycles. The molecule has 1 fully saturated rings. The van der Waals surface area contributed by atoms with Gasteiger partial charge in [0.1, 0.15) is 0 Å². The van der Waals surface area contributed by atoms with Crippen molar-refractivity contribution in [1.29, 1.82) is 0 Å². The summed E-state index contributed by atoms with van der Waals surface area (Å²) >= 11 is 1.72. The number of rotatable bonds is 3. The molecule has 3 N–H and O–H groups in total. The first-order chi connectivity index (χ1) is 7.75. The van der Waals surface area contributed by atoms with E-state index in [9.17, 15) is 4.79 Å². The Morgan fingerprint density at radius 2 is 2.31 bits per heavy atom. The fourth-order valence-corrected chi connectivity index (χ4v) is 2.63. The van der Waals surface area contributed by atoms with Crippen molar-refractivity contribution >= 4 is 17.4 Å². The van der Waals surface area contributed by atoms with Crippen molar-refractivity contribution in [1.82, 2.24) is 10.2 Å². The van der Waals surface area contributed by atoms with Crippen molar-refractivity contribution in [2.45, 2.75) is 25.4 Å². The average Bonchev–Trinajstić information content (AvgIpc) is 2.80. The first kappa shape index (κ1) is 11.4. The number of likely N-dealkylation sites (tertiary alicyclic amines) is 1. The Morgan fingerprint density at radius 1 is 1.56 bits per heavy atom. The van der Waals surface area contributed by atoms with Crippen molar-refractivity contribution in [2.24, 2.45) is 5.73 Å². The van der Waals surface area contributed by atoms with Gasteiger partial charge in [-0.05, 0) is 35.2 Å². The lowest BCUT2D eigenvalue weighted by Crippen LogP contribution is -2.46. The molecule has 1 aliphatic heterocycles. The van der Waals surface area contributed by atoms with E-state index in [1.165, 1.54) is 5.56 Å². The average molecular weight is 239 g/mol. The van der Waals surface area contributed by atoms with E-state index in [0.717, 1.165) is 32.5 Å². The van der Waals surface area contributed by atoms with Crippen molar-refractivity contribution in [2.75, 3.05) is 13.1 Å². The molecule has 5 heteroatoms. The van der Waals surface area contributed by atoms with Crippen LogP contribution in [0, 0.1) is 0 Å². The number of primary amides is 1. The van der Waals surface area contributed by atoms with Crippen LogP contribution in [-0.2, 0) is 6.54 Å². The number of carbonyl (C=O) groups is 1. The molecule has 0 radical (unpaired) electrons. The summed E-state index contributed by atoms with van der Waals surface area (Å²) in [6, 6.07) is 2.35. The van der Waals surface area contributed by atoms with Crippen molar-refractivity contribution < 1.29 is 4.79 Å². The fraction of sp³-hybridized carbons (Fsp3) is 0.545. The molecule has 0 aliphatic carbocycles. The minimum absolute atomic E-state index is 0.295. The minimum atomic E-state index is -0.295. The van der Waals surface area contributed by atoms with Crippen LogP contribution in [0.4, 0.5) is 4.79 Å². The first-order valence-corrected chi connectivity index (χ1v) is 6.49. The number of nitrogens with zero attached hydrogens (tertiary/aromatic N) is 1. The van der Waals surface area contributed by atoms with Crippen molar-refractivity contribution in [3.8, 4) is 0 Å². The molecule has 0 atom stereocenters. The zero-order valence-electron chi connectivity index (χ0n) is 9.19. The van der Waals surface area contributed by atoms with Crippen LogP contribution in [0.15, 0.2) is 16.8 Å². The summed E-state index contributed by atoms with van der Waals surface area (Å²) < 4.78 is 0. The van der Waals surface area contributed by atoms with E-state index in [2.05, 4.69) is 22.1 Å². The molecular formula is C11H17N3OS. The molecular weight excluding hydrogens is 222 g/mol. The highest BCUT2D eigenvalue weighted by atomic mass is 32.1. The number of nitrogens with two attached hydrogens (primary N) is 1. The van der Waals surface area contributed by atoms with Crippen LogP contribution in [0.3, 0.4) is 0 Å². The monoisotopic (exact) mass is 239 g/mol. The van der Waals surface area contributed by atoms with Gasteiger partial charge in [-0.1, -0.05) is 0 Å². The van der Waals surface area contributed by atoms with Gasteiger partial charge in [-0.3, -0.25) is 0 Å². The summed E-state index contributed by atoms with van der Waals surface area (Å²) in [5.74, 6) is 0. The van der Waals surface area contributed by atoms with Crippen LogP contribution in [0.5, 0.6) is 0 Å². The van der Waals surface area contributed by atoms with Crippen LogP contribution >= 0.6 is 11.3 Å². The molecule has 88 valence electrons. The topological polar surface area (TPSA) is 58.4 Å². The second kappa shape index (κ2) is 5.32. The van der Waals surface area contributed by atoms with Gasteiger partial charge in [-0.15, -0.1) is 0 Å². The Hall–Kier alpha value is -1.07. The summed E-state index contributed by atoms with van der Waals surface area (Å²) in [6.07, 6.45) is 1.99. The summed E-state index contributed by atoms with van der Waals surface area (Å²) in [5.41, 5.74) is 6.57. The summed E-state index contributed by atoms with van der Waals surface area (Å²) in [4.78, 5) is 12.6. The Morgan fingerprint density at radius 3 is 2.88 bits per heavy atom. The predicted octanol–water partition coefficient (Wildman–Crippen LogP) is 1.38. The Labute approximate surface area is 99.4 Å². The zero-order valence-corrected chi connectivity index (χ0v) is 10.0. The van der Waals surface area contributed by atoms with E-state index < -0.39 is 0 Å². The second-order valence-electron chi connectivity index (χ2n) is 4.11. The number of amides is 2. The van der Waals surface area contributed by atoms with Gasteiger partial charge in [0, 0.05) is 25.7 Å². The molecule has 16 heavy (non-hydrogen) atoms. The molecule has 1 aromatic heterocycles. The summed E-state index contributed by atoms with van der Waals surface area (Å²) in [7, 11) is 0. The maximum Gasteiger partial charge on any atom is 0.314 e. The summed E-state index contributed by atoms with van der Waals surface area (Å²) in [5, 5.41) is 7.76. The van der Waals surface area contributed by atoms with E-state index in [1.807, 2.05) is 0 Å². The quantitative estimate of drug-likeness (QED) is 0.837. The first-order valence-electron chi connectivity index (χ1n) is 5.54. The largest absolute Gasteiger partial charge is 0.351 e. The normalized spacial score (nSPS) is 17.6. The number of carbonyl (C=O) groups excluding carboxylic acids is 1. The molecule has 1 saturated heterocycles. The van der Waals surface area contributed by atoms with E-state index in [0.29, 0.717) is 6.04 Å². The van der Waals surface area contributed by atoms with Gasteiger partial charge >= 0.3 is 6.03 Å². The second-order valence-corrected chi connectivity index (χ2v) is 4.89. The Balaban J connectivity index is 1.71. The van der Waals surface area contributed by atoms with Gasteiger partial charge in [-0.2, -0.15) is 11.3 Å². The fourth-order valence-electron chi connectivity index (χ4n) is 1.96. The minimum Gasteiger partial charge on any atom is -0.351 e. The number of urea groups is 1.